The number of esters is 1. The van der Waals surface area contributed by atoms with E-state index in [2.05, 4.69) is 15.9 Å². The molecule has 7 heteroatoms. The molecule has 0 spiro atoms. The van der Waals surface area contributed by atoms with Gasteiger partial charge in [0.15, 0.2) is 6.29 Å². The van der Waals surface area contributed by atoms with Crippen molar-refractivity contribution in [1.29, 1.82) is 0 Å². The molecule has 2 aromatic carbocycles. The van der Waals surface area contributed by atoms with Crippen LogP contribution in [0.4, 0.5) is 0 Å². The zero-order chi connectivity index (χ0) is 19.9. The minimum Gasteiger partial charge on any atom is -0.459 e. The summed E-state index contributed by atoms with van der Waals surface area (Å²) >= 11 is 15.8. The average Bonchev–Trinajstić information content (AvgIpc) is 2.71. The Morgan fingerprint density at radius 1 is 1.18 bits per heavy atom. The van der Waals surface area contributed by atoms with E-state index in [1.54, 1.807) is 36.4 Å². The molecule has 3 rings (SSSR count). The van der Waals surface area contributed by atoms with Gasteiger partial charge in [-0.15, -0.1) is 0 Å². The van der Waals surface area contributed by atoms with Crippen molar-refractivity contribution in [2.45, 2.75) is 37.8 Å². The Balaban J connectivity index is 1.54. The molecular formula is C21H21BrCl2O4. The van der Waals surface area contributed by atoms with Crippen molar-refractivity contribution in [3.05, 3.63) is 69.7 Å². The van der Waals surface area contributed by atoms with E-state index in [4.69, 9.17) is 37.4 Å². The molecule has 2 aromatic rings. The van der Waals surface area contributed by atoms with Crippen molar-refractivity contribution in [1.82, 2.24) is 0 Å². The van der Waals surface area contributed by atoms with E-state index in [-0.39, 0.29) is 31.1 Å². The predicted octanol–water partition coefficient (Wildman–Crippen LogP) is 6.20. The molecule has 1 fully saturated rings. The molecule has 1 aliphatic heterocycles. The number of hydrogen-bond acceptors (Lipinski definition) is 4. The molecule has 150 valence electrons. The van der Waals surface area contributed by atoms with Crippen molar-refractivity contribution < 1.29 is 19.0 Å². The molecule has 0 aromatic heterocycles. The average molecular weight is 488 g/mol. The quantitative estimate of drug-likeness (QED) is 0.344. The summed E-state index contributed by atoms with van der Waals surface area (Å²) in [4.78, 5) is 12.1. The molecule has 0 aliphatic carbocycles. The van der Waals surface area contributed by atoms with Crippen LogP contribution in [0, 0.1) is 0 Å². The van der Waals surface area contributed by atoms with Crippen LogP contribution < -0.4 is 0 Å². The van der Waals surface area contributed by atoms with E-state index in [1.807, 2.05) is 12.1 Å². The lowest BCUT2D eigenvalue weighted by atomic mass is 10.1. The highest BCUT2D eigenvalue weighted by molar-refractivity contribution is 9.09. The highest BCUT2D eigenvalue weighted by atomic mass is 79.9. The van der Waals surface area contributed by atoms with Crippen molar-refractivity contribution in [3.8, 4) is 0 Å². The highest BCUT2D eigenvalue weighted by Gasteiger charge is 2.27. The second-order valence-electron chi connectivity index (χ2n) is 6.53. The van der Waals surface area contributed by atoms with Crippen LogP contribution in [0.25, 0.3) is 0 Å². The van der Waals surface area contributed by atoms with Crippen molar-refractivity contribution in [2.24, 2.45) is 0 Å². The van der Waals surface area contributed by atoms with E-state index in [0.717, 1.165) is 24.8 Å². The molecule has 0 saturated carbocycles. The minimum absolute atomic E-state index is 0.192. The van der Waals surface area contributed by atoms with Gasteiger partial charge in [-0.05, 0) is 43.5 Å². The Hall–Kier alpha value is -1.11. The fraction of sp³-hybridized carbons (Fsp3) is 0.381. The van der Waals surface area contributed by atoms with Gasteiger partial charge < -0.3 is 14.2 Å². The number of carbonyl (C=O) groups excluding carboxylic acids is 1. The van der Waals surface area contributed by atoms with Gasteiger partial charge in [0.25, 0.3) is 0 Å². The number of carbonyl (C=O) groups is 1. The number of rotatable bonds is 7. The largest absolute Gasteiger partial charge is 0.459 e. The maximum Gasteiger partial charge on any atom is 0.338 e. The third-order valence-electron chi connectivity index (χ3n) is 4.49. The maximum absolute atomic E-state index is 12.1. The van der Waals surface area contributed by atoms with Crippen LogP contribution >= 0.6 is 39.1 Å². The lowest BCUT2D eigenvalue weighted by Crippen LogP contribution is -2.34. The van der Waals surface area contributed by atoms with Crippen LogP contribution in [-0.4, -0.2) is 30.3 Å². The summed E-state index contributed by atoms with van der Waals surface area (Å²) in [7, 11) is 0. The van der Waals surface area contributed by atoms with Crippen molar-refractivity contribution in [3.63, 3.8) is 0 Å². The van der Waals surface area contributed by atoms with E-state index in [9.17, 15) is 4.79 Å². The van der Waals surface area contributed by atoms with Gasteiger partial charge in [-0.25, -0.2) is 4.79 Å². The standard InChI is InChI=1S/C21H21BrCl2O4/c22-12-19(17-10-9-15(23)11-18(17)24)28-20-8-4-7-16(27-20)13-26-21(25)14-5-2-1-3-6-14/h1-3,5-6,9-11,16,19-20H,4,7-8,12-13H2. The van der Waals surface area contributed by atoms with Gasteiger partial charge in [0.05, 0.1) is 17.8 Å². The summed E-state index contributed by atoms with van der Waals surface area (Å²) in [6.45, 7) is 0.203. The zero-order valence-electron chi connectivity index (χ0n) is 15.2. The van der Waals surface area contributed by atoms with Gasteiger partial charge >= 0.3 is 5.97 Å². The highest BCUT2D eigenvalue weighted by Crippen LogP contribution is 2.32. The number of benzene rings is 2. The first-order chi connectivity index (χ1) is 13.6. The van der Waals surface area contributed by atoms with E-state index in [1.165, 1.54) is 0 Å². The SMILES string of the molecule is O=C(OCC1CCCC(OC(CBr)c2ccc(Cl)cc2Cl)O1)c1ccccc1. The van der Waals surface area contributed by atoms with Crippen molar-refractivity contribution in [2.75, 3.05) is 11.9 Å². The molecule has 0 amide bonds. The number of alkyl halides is 1. The summed E-state index contributed by atoms with van der Waals surface area (Å²) in [5, 5.41) is 1.71. The first-order valence-electron chi connectivity index (χ1n) is 9.11. The third-order valence-corrected chi connectivity index (χ3v) is 5.64. The van der Waals surface area contributed by atoms with E-state index >= 15 is 0 Å². The van der Waals surface area contributed by atoms with Gasteiger partial charge in [-0.2, -0.15) is 0 Å². The van der Waals surface area contributed by atoms with Crippen LogP contribution in [0.1, 0.15) is 41.3 Å². The topological polar surface area (TPSA) is 44.8 Å². The first kappa shape index (κ1) is 21.6. The number of ether oxygens (including phenoxy) is 3. The third kappa shape index (κ3) is 5.94. The van der Waals surface area contributed by atoms with Crippen LogP contribution in [-0.2, 0) is 14.2 Å². The van der Waals surface area contributed by atoms with Gasteiger partial charge in [-0.3, -0.25) is 0 Å². The Morgan fingerprint density at radius 3 is 2.68 bits per heavy atom. The Bertz CT molecular complexity index is 787. The lowest BCUT2D eigenvalue weighted by molar-refractivity contribution is -0.218. The second kappa shape index (κ2) is 10.6. The molecule has 1 saturated heterocycles. The van der Waals surface area contributed by atoms with Crippen LogP contribution in [0.2, 0.25) is 10.0 Å². The van der Waals surface area contributed by atoms with Gasteiger partial charge in [0.1, 0.15) is 6.61 Å². The Morgan fingerprint density at radius 2 is 1.96 bits per heavy atom. The summed E-state index contributed by atoms with van der Waals surface area (Å²) in [5.41, 5.74) is 1.38. The molecular weight excluding hydrogens is 467 g/mol. The van der Waals surface area contributed by atoms with E-state index < -0.39 is 0 Å². The van der Waals surface area contributed by atoms with Crippen molar-refractivity contribution >= 4 is 45.1 Å². The minimum atomic E-state index is -0.386. The first-order valence-corrected chi connectivity index (χ1v) is 11.0. The van der Waals surface area contributed by atoms with Gasteiger partial charge in [-0.1, -0.05) is 63.4 Å². The van der Waals surface area contributed by atoms with Crippen LogP contribution in [0.15, 0.2) is 48.5 Å². The van der Waals surface area contributed by atoms with E-state index in [0.29, 0.717) is 20.9 Å². The van der Waals surface area contributed by atoms with Gasteiger partial charge in [0.2, 0.25) is 0 Å². The fourth-order valence-electron chi connectivity index (χ4n) is 3.05. The lowest BCUT2D eigenvalue weighted by Gasteiger charge is -2.32. The fourth-order valence-corrected chi connectivity index (χ4v) is 4.08. The molecule has 28 heavy (non-hydrogen) atoms. The molecule has 1 aliphatic rings. The Kier molecular flexibility index (Phi) is 8.18. The molecule has 0 N–H and O–H groups in total. The summed E-state index contributed by atoms with van der Waals surface area (Å²) in [5.74, 6) is -0.349. The Labute approximate surface area is 183 Å². The molecule has 1 heterocycles. The summed E-state index contributed by atoms with van der Waals surface area (Å²) < 4.78 is 17.5. The number of hydrogen-bond donors (Lipinski definition) is 0. The molecule has 4 nitrogen and oxygen atoms in total. The predicted molar refractivity (Wildman–Crippen MR) is 113 cm³/mol. The van der Waals surface area contributed by atoms with Gasteiger partial charge in [0, 0.05) is 20.9 Å². The summed E-state index contributed by atoms with van der Waals surface area (Å²) in [6, 6.07) is 14.3. The number of halogens is 3. The molecule has 3 atom stereocenters. The van der Waals surface area contributed by atoms with Crippen LogP contribution in [0.3, 0.4) is 0 Å². The second-order valence-corrected chi connectivity index (χ2v) is 8.02. The zero-order valence-corrected chi connectivity index (χ0v) is 18.3. The maximum atomic E-state index is 12.1. The smallest absolute Gasteiger partial charge is 0.338 e. The van der Waals surface area contributed by atoms with Crippen LogP contribution in [0.5, 0.6) is 0 Å². The summed E-state index contributed by atoms with van der Waals surface area (Å²) in [6.07, 6.45) is 1.69. The monoisotopic (exact) mass is 486 g/mol. The normalized spacial score (nSPS) is 20.5. The molecule has 0 bridgehead atoms. The molecule has 0 radical (unpaired) electrons. The molecule has 3 unspecified atom stereocenters.